The number of hydrogen-bond acceptors (Lipinski definition) is 2. The van der Waals surface area contributed by atoms with E-state index in [-0.39, 0.29) is 5.91 Å². The van der Waals surface area contributed by atoms with Gasteiger partial charge in [-0.3, -0.25) is 9.36 Å². The van der Waals surface area contributed by atoms with E-state index < -0.39 is 0 Å². The molecule has 0 saturated carbocycles. The number of rotatable bonds is 5. The van der Waals surface area contributed by atoms with Crippen molar-refractivity contribution in [2.45, 2.75) is 6.42 Å². The SMILES string of the molecule is O=C(Nc1ccccc1Cc1ccccc1)c1cncn1-c1ccccc1. The molecule has 0 fully saturated rings. The summed E-state index contributed by atoms with van der Waals surface area (Å²) in [5.41, 5.74) is 4.48. The van der Waals surface area contributed by atoms with Crippen LogP contribution in [0.2, 0.25) is 0 Å². The van der Waals surface area contributed by atoms with Crippen molar-refractivity contribution in [2.24, 2.45) is 0 Å². The summed E-state index contributed by atoms with van der Waals surface area (Å²) in [6.07, 6.45) is 4.00. The van der Waals surface area contributed by atoms with Gasteiger partial charge >= 0.3 is 0 Å². The van der Waals surface area contributed by atoms with Crippen molar-refractivity contribution in [3.63, 3.8) is 0 Å². The zero-order valence-electron chi connectivity index (χ0n) is 14.7. The minimum atomic E-state index is -0.183. The Morgan fingerprint density at radius 2 is 1.52 bits per heavy atom. The van der Waals surface area contributed by atoms with Gasteiger partial charge in [0.15, 0.2) is 0 Å². The van der Waals surface area contributed by atoms with Gasteiger partial charge in [-0.15, -0.1) is 0 Å². The van der Waals surface area contributed by atoms with Gasteiger partial charge in [0.05, 0.1) is 12.5 Å². The van der Waals surface area contributed by atoms with Crippen LogP contribution in [0.15, 0.2) is 97.5 Å². The van der Waals surface area contributed by atoms with Crippen LogP contribution in [-0.4, -0.2) is 15.5 Å². The van der Waals surface area contributed by atoms with Crippen LogP contribution in [0.1, 0.15) is 21.6 Å². The molecule has 1 amide bonds. The molecule has 0 aliphatic heterocycles. The molecule has 0 aliphatic rings. The molecule has 4 heteroatoms. The summed E-state index contributed by atoms with van der Waals surface area (Å²) in [5, 5.41) is 3.04. The van der Waals surface area contributed by atoms with E-state index in [0.29, 0.717) is 5.69 Å². The first-order valence-corrected chi connectivity index (χ1v) is 8.82. The zero-order chi connectivity index (χ0) is 18.5. The molecule has 4 nitrogen and oxygen atoms in total. The van der Waals surface area contributed by atoms with E-state index in [2.05, 4.69) is 22.4 Å². The van der Waals surface area contributed by atoms with E-state index in [9.17, 15) is 4.79 Å². The minimum absolute atomic E-state index is 0.183. The van der Waals surface area contributed by atoms with Crippen LogP contribution < -0.4 is 5.32 Å². The van der Waals surface area contributed by atoms with Crippen molar-refractivity contribution in [3.8, 4) is 5.69 Å². The lowest BCUT2D eigenvalue weighted by Gasteiger charge is -2.12. The lowest BCUT2D eigenvalue weighted by Crippen LogP contribution is -2.17. The fourth-order valence-corrected chi connectivity index (χ4v) is 3.06. The normalized spacial score (nSPS) is 10.5. The van der Waals surface area contributed by atoms with E-state index >= 15 is 0 Å². The van der Waals surface area contributed by atoms with E-state index in [4.69, 9.17) is 0 Å². The molecule has 27 heavy (non-hydrogen) atoms. The predicted molar refractivity (Wildman–Crippen MR) is 107 cm³/mol. The number of amides is 1. The minimum Gasteiger partial charge on any atom is -0.320 e. The van der Waals surface area contributed by atoms with Crippen molar-refractivity contribution < 1.29 is 4.79 Å². The number of imidazole rings is 1. The van der Waals surface area contributed by atoms with Gasteiger partial charge in [0.25, 0.3) is 5.91 Å². The zero-order valence-corrected chi connectivity index (χ0v) is 14.7. The topological polar surface area (TPSA) is 46.9 Å². The van der Waals surface area contributed by atoms with Gasteiger partial charge in [-0.05, 0) is 35.7 Å². The summed E-state index contributed by atoms with van der Waals surface area (Å²) in [7, 11) is 0. The largest absolute Gasteiger partial charge is 0.320 e. The highest BCUT2D eigenvalue weighted by atomic mass is 16.2. The van der Waals surface area contributed by atoms with Crippen molar-refractivity contribution in [1.82, 2.24) is 9.55 Å². The first kappa shape index (κ1) is 16.8. The smallest absolute Gasteiger partial charge is 0.274 e. The molecule has 0 saturated heterocycles. The lowest BCUT2D eigenvalue weighted by molar-refractivity contribution is 0.102. The monoisotopic (exact) mass is 353 g/mol. The summed E-state index contributed by atoms with van der Waals surface area (Å²) in [5.74, 6) is -0.183. The Morgan fingerprint density at radius 3 is 2.30 bits per heavy atom. The molecular formula is C23H19N3O. The average molecular weight is 353 g/mol. The van der Waals surface area contributed by atoms with E-state index in [1.54, 1.807) is 17.1 Å². The Kier molecular flexibility index (Phi) is 4.79. The maximum absolute atomic E-state index is 12.9. The molecule has 4 aromatic rings. The van der Waals surface area contributed by atoms with Crippen LogP contribution in [0.3, 0.4) is 0 Å². The summed E-state index contributed by atoms with van der Waals surface area (Å²) in [6.45, 7) is 0. The van der Waals surface area contributed by atoms with Crippen molar-refractivity contribution in [1.29, 1.82) is 0 Å². The Morgan fingerprint density at radius 1 is 0.852 bits per heavy atom. The van der Waals surface area contributed by atoms with Gasteiger partial charge in [-0.25, -0.2) is 4.98 Å². The van der Waals surface area contributed by atoms with E-state index in [1.165, 1.54) is 5.56 Å². The van der Waals surface area contributed by atoms with Gasteiger partial charge in [0, 0.05) is 11.4 Å². The number of benzene rings is 3. The quantitative estimate of drug-likeness (QED) is 0.564. The molecule has 0 bridgehead atoms. The lowest BCUT2D eigenvalue weighted by atomic mass is 10.0. The predicted octanol–water partition coefficient (Wildman–Crippen LogP) is 4.72. The molecule has 132 valence electrons. The Balaban J connectivity index is 1.59. The Hall–Kier alpha value is -3.66. The Labute approximate surface area is 158 Å². The molecule has 1 N–H and O–H groups in total. The molecule has 0 spiro atoms. The fourth-order valence-electron chi connectivity index (χ4n) is 3.06. The van der Waals surface area contributed by atoms with E-state index in [1.807, 2.05) is 72.8 Å². The molecule has 0 radical (unpaired) electrons. The summed E-state index contributed by atoms with van der Waals surface area (Å²) >= 11 is 0. The third kappa shape index (κ3) is 3.80. The molecular weight excluding hydrogens is 334 g/mol. The number of nitrogens with zero attached hydrogens (tertiary/aromatic N) is 2. The second-order valence-electron chi connectivity index (χ2n) is 6.26. The van der Waals surface area contributed by atoms with Crippen LogP contribution in [0.5, 0.6) is 0 Å². The number of aromatic nitrogens is 2. The summed E-state index contributed by atoms with van der Waals surface area (Å²) in [4.78, 5) is 17.1. The van der Waals surface area contributed by atoms with Crippen LogP contribution in [0.25, 0.3) is 5.69 Å². The maximum Gasteiger partial charge on any atom is 0.274 e. The molecule has 1 aromatic heterocycles. The summed E-state index contributed by atoms with van der Waals surface area (Å²) in [6, 6.07) is 27.8. The van der Waals surface area contributed by atoms with E-state index in [0.717, 1.165) is 23.4 Å². The highest BCUT2D eigenvalue weighted by molar-refractivity contribution is 6.03. The van der Waals surface area contributed by atoms with Crippen molar-refractivity contribution in [3.05, 3.63) is 114 Å². The second-order valence-corrected chi connectivity index (χ2v) is 6.26. The maximum atomic E-state index is 12.9. The molecule has 4 rings (SSSR count). The molecule has 1 heterocycles. The molecule has 3 aromatic carbocycles. The van der Waals surface area contributed by atoms with Crippen molar-refractivity contribution >= 4 is 11.6 Å². The first-order chi connectivity index (χ1) is 13.3. The highest BCUT2D eigenvalue weighted by Crippen LogP contribution is 2.20. The third-order valence-corrected chi connectivity index (χ3v) is 4.41. The van der Waals surface area contributed by atoms with Crippen LogP contribution in [-0.2, 0) is 6.42 Å². The summed E-state index contributed by atoms with van der Waals surface area (Å²) < 4.78 is 1.79. The van der Waals surface area contributed by atoms with Crippen LogP contribution >= 0.6 is 0 Å². The number of para-hydroxylation sites is 2. The van der Waals surface area contributed by atoms with Gasteiger partial charge < -0.3 is 5.32 Å². The van der Waals surface area contributed by atoms with Gasteiger partial charge in [-0.2, -0.15) is 0 Å². The average Bonchev–Trinajstić information content (AvgIpc) is 3.21. The van der Waals surface area contributed by atoms with Crippen LogP contribution in [0.4, 0.5) is 5.69 Å². The fraction of sp³-hybridized carbons (Fsp3) is 0.0435. The van der Waals surface area contributed by atoms with Crippen molar-refractivity contribution in [2.75, 3.05) is 5.32 Å². The standard InChI is InChI=1S/C23H19N3O/c27-23(22-16-24-17-26(22)20-12-5-2-6-13-20)25-21-14-8-7-11-19(21)15-18-9-3-1-4-10-18/h1-14,16-17H,15H2,(H,25,27). The van der Waals surface area contributed by atoms with Gasteiger partial charge in [-0.1, -0.05) is 66.7 Å². The van der Waals surface area contributed by atoms with Crippen LogP contribution in [0, 0.1) is 0 Å². The second kappa shape index (κ2) is 7.70. The number of carbonyl (C=O) groups is 1. The highest BCUT2D eigenvalue weighted by Gasteiger charge is 2.14. The molecule has 0 atom stereocenters. The Bertz CT molecular complexity index is 1040. The third-order valence-electron chi connectivity index (χ3n) is 4.41. The first-order valence-electron chi connectivity index (χ1n) is 8.82. The van der Waals surface area contributed by atoms with Gasteiger partial charge in [0.2, 0.25) is 0 Å². The molecule has 0 aliphatic carbocycles. The molecule has 0 unspecified atom stereocenters. The number of hydrogen-bond donors (Lipinski definition) is 1. The van der Waals surface area contributed by atoms with Gasteiger partial charge in [0.1, 0.15) is 5.69 Å². The number of anilines is 1. The number of nitrogens with one attached hydrogen (secondary N) is 1. The number of carbonyl (C=O) groups excluding carboxylic acids is 1.